The molecule has 0 aliphatic carbocycles. The van der Waals surface area contributed by atoms with Crippen LogP contribution in [0.25, 0.3) is 0 Å². The standard InChI is InChI=1S/C18H25N5O2S/c1-15-5-4-6-16(13-15)22-9-11-23(12-10-22)17-7-8-18(19-14-17)20-26(24,25)21(2)3/h4-8,13-14H,9-12H2,1-3H3,(H,19,20). The molecule has 1 saturated heterocycles. The highest BCUT2D eigenvalue weighted by Crippen LogP contribution is 2.22. The second kappa shape index (κ2) is 7.51. The number of nitrogens with zero attached hydrogens (tertiary/aromatic N) is 4. The van der Waals surface area contributed by atoms with Gasteiger partial charge in [-0.2, -0.15) is 12.7 Å². The summed E-state index contributed by atoms with van der Waals surface area (Å²) in [6.45, 7) is 5.80. The van der Waals surface area contributed by atoms with Crippen LogP contribution < -0.4 is 14.5 Å². The summed E-state index contributed by atoms with van der Waals surface area (Å²) in [5.41, 5.74) is 3.53. The van der Waals surface area contributed by atoms with E-state index in [9.17, 15) is 8.42 Å². The summed E-state index contributed by atoms with van der Waals surface area (Å²) in [5.74, 6) is 0.320. The van der Waals surface area contributed by atoms with Crippen LogP contribution in [0.2, 0.25) is 0 Å². The van der Waals surface area contributed by atoms with Gasteiger partial charge in [-0.05, 0) is 36.8 Å². The van der Waals surface area contributed by atoms with Crippen molar-refractivity contribution in [2.75, 3.05) is 54.8 Å². The number of hydrogen-bond acceptors (Lipinski definition) is 5. The van der Waals surface area contributed by atoms with Crippen LogP contribution >= 0.6 is 0 Å². The zero-order valence-corrected chi connectivity index (χ0v) is 16.2. The molecule has 8 heteroatoms. The molecule has 1 aliphatic rings. The van der Waals surface area contributed by atoms with Crippen molar-refractivity contribution >= 4 is 27.4 Å². The van der Waals surface area contributed by atoms with Gasteiger partial charge in [-0.1, -0.05) is 12.1 Å². The van der Waals surface area contributed by atoms with Crippen LogP contribution in [-0.4, -0.2) is 58.0 Å². The highest BCUT2D eigenvalue weighted by molar-refractivity contribution is 7.90. The molecule has 140 valence electrons. The van der Waals surface area contributed by atoms with Gasteiger partial charge in [0, 0.05) is 46.0 Å². The van der Waals surface area contributed by atoms with E-state index >= 15 is 0 Å². The normalized spacial score (nSPS) is 15.4. The molecular formula is C18H25N5O2S. The fraction of sp³-hybridized carbons (Fsp3) is 0.389. The Labute approximate surface area is 155 Å². The van der Waals surface area contributed by atoms with Crippen molar-refractivity contribution < 1.29 is 8.42 Å². The number of aryl methyl sites for hydroxylation is 1. The summed E-state index contributed by atoms with van der Waals surface area (Å²) in [4.78, 5) is 8.89. The van der Waals surface area contributed by atoms with Crippen LogP contribution in [-0.2, 0) is 10.2 Å². The zero-order chi connectivity index (χ0) is 18.7. The quantitative estimate of drug-likeness (QED) is 0.865. The Kier molecular flexibility index (Phi) is 5.33. The molecular weight excluding hydrogens is 350 g/mol. The number of benzene rings is 1. The maximum atomic E-state index is 11.8. The van der Waals surface area contributed by atoms with Gasteiger partial charge in [0.15, 0.2) is 0 Å². The molecule has 0 spiro atoms. The predicted molar refractivity (Wildman–Crippen MR) is 106 cm³/mol. The summed E-state index contributed by atoms with van der Waals surface area (Å²) < 4.78 is 27.2. The van der Waals surface area contributed by atoms with Crippen LogP contribution in [0.4, 0.5) is 17.2 Å². The Morgan fingerprint density at radius 2 is 1.65 bits per heavy atom. The van der Waals surface area contributed by atoms with Gasteiger partial charge in [0.25, 0.3) is 0 Å². The topological polar surface area (TPSA) is 68.8 Å². The maximum absolute atomic E-state index is 11.8. The van der Waals surface area contributed by atoms with E-state index in [1.165, 1.54) is 25.3 Å². The lowest BCUT2D eigenvalue weighted by molar-refractivity contribution is 0.526. The number of aromatic nitrogens is 1. The lowest BCUT2D eigenvalue weighted by atomic mass is 10.2. The number of hydrogen-bond donors (Lipinski definition) is 1. The minimum atomic E-state index is -3.53. The average Bonchev–Trinajstić information content (AvgIpc) is 2.62. The Morgan fingerprint density at radius 3 is 2.19 bits per heavy atom. The third-order valence-electron chi connectivity index (χ3n) is 4.47. The fourth-order valence-corrected chi connectivity index (χ4v) is 3.47. The first-order valence-corrected chi connectivity index (χ1v) is 10.0. The molecule has 2 aromatic rings. The minimum absolute atomic E-state index is 0.320. The molecule has 1 aliphatic heterocycles. The first kappa shape index (κ1) is 18.5. The summed E-state index contributed by atoms with van der Waals surface area (Å²) in [5, 5.41) is 0. The third kappa shape index (κ3) is 4.25. The molecule has 7 nitrogen and oxygen atoms in total. The molecule has 26 heavy (non-hydrogen) atoms. The summed E-state index contributed by atoms with van der Waals surface area (Å²) >= 11 is 0. The van der Waals surface area contributed by atoms with E-state index in [1.54, 1.807) is 12.3 Å². The molecule has 1 N–H and O–H groups in total. The van der Waals surface area contributed by atoms with Gasteiger partial charge in [-0.3, -0.25) is 4.72 Å². The number of anilines is 3. The minimum Gasteiger partial charge on any atom is -0.368 e. The monoisotopic (exact) mass is 375 g/mol. The molecule has 0 bridgehead atoms. The second-order valence-corrected chi connectivity index (χ2v) is 8.49. The van der Waals surface area contributed by atoms with Gasteiger partial charge in [0.1, 0.15) is 5.82 Å². The molecule has 1 aromatic heterocycles. The predicted octanol–water partition coefficient (Wildman–Crippen LogP) is 1.93. The van der Waals surface area contributed by atoms with Gasteiger partial charge >= 0.3 is 10.2 Å². The van der Waals surface area contributed by atoms with Crippen molar-refractivity contribution in [2.45, 2.75) is 6.92 Å². The van der Waals surface area contributed by atoms with Crippen molar-refractivity contribution in [3.05, 3.63) is 48.2 Å². The van der Waals surface area contributed by atoms with Crippen molar-refractivity contribution in [3.63, 3.8) is 0 Å². The maximum Gasteiger partial charge on any atom is 0.302 e. The van der Waals surface area contributed by atoms with E-state index in [-0.39, 0.29) is 0 Å². The first-order valence-electron chi connectivity index (χ1n) is 8.58. The molecule has 1 fully saturated rings. The van der Waals surface area contributed by atoms with Crippen molar-refractivity contribution in [3.8, 4) is 0 Å². The highest BCUT2D eigenvalue weighted by atomic mass is 32.2. The fourth-order valence-electron chi connectivity index (χ4n) is 2.90. The zero-order valence-electron chi connectivity index (χ0n) is 15.4. The Bertz CT molecular complexity index is 844. The molecule has 3 rings (SSSR count). The third-order valence-corrected chi connectivity index (χ3v) is 5.90. The van der Waals surface area contributed by atoms with Gasteiger partial charge in [-0.15, -0.1) is 0 Å². The molecule has 0 unspecified atom stereocenters. The molecule has 2 heterocycles. The molecule has 0 atom stereocenters. The van der Waals surface area contributed by atoms with Crippen LogP contribution in [0.5, 0.6) is 0 Å². The van der Waals surface area contributed by atoms with Crippen LogP contribution in [0, 0.1) is 6.92 Å². The number of nitrogens with one attached hydrogen (secondary N) is 1. The highest BCUT2D eigenvalue weighted by Gasteiger charge is 2.18. The van der Waals surface area contributed by atoms with Crippen LogP contribution in [0.3, 0.4) is 0 Å². The summed E-state index contributed by atoms with van der Waals surface area (Å²) in [6.07, 6.45) is 1.72. The smallest absolute Gasteiger partial charge is 0.302 e. The van der Waals surface area contributed by atoms with Gasteiger partial charge in [0.05, 0.1) is 11.9 Å². The van der Waals surface area contributed by atoms with Crippen molar-refractivity contribution in [2.24, 2.45) is 0 Å². The number of pyridine rings is 1. The SMILES string of the molecule is Cc1cccc(N2CCN(c3ccc(NS(=O)(=O)N(C)C)nc3)CC2)c1. The molecule has 0 saturated carbocycles. The Morgan fingerprint density at radius 1 is 1.00 bits per heavy atom. The largest absolute Gasteiger partial charge is 0.368 e. The van der Waals surface area contributed by atoms with E-state index < -0.39 is 10.2 Å². The molecule has 0 radical (unpaired) electrons. The van der Waals surface area contributed by atoms with E-state index in [0.717, 1.165) is 36.2 Å². The van der Waals surface area contributed by atoms with Crippen molar-refractivity contribution in [1.29, 1.82) is 0 Å². The van der Waals surface area contributed by atoms with E-state index in [0.29, 0.717) is 5.82 Å². The lowest BCUT2D eigenvalue weighted by Crippen LogP contribution is -2.46. The lowest BCUT2D eigenvalue weighted by Gasteiger charge is -2.37. The number of rotatable bonds is 5. The molecule has 0 amide bonds. The summed E-state index contributed by atoms with van der Waals surface area (Å²) in [7, 11) is -0.577. The van der Waals surface area contributed by atoms with Gasteiger partial charge in [-0.25, -0.2) is 4.98 Å². The Balaban J connectivity index is 1.61. The van der Waals surface area contributed by atoms with Crippen LogP contribution in [0.1, 0.15) is 5.56 Å². The number of piperazine rings is 1. The summed E-state index contributed by atoms with van der Waals surface area (Å²) in [6, 6.07) is 12.2. The average molecular weight is 375 g/mol. The molecule has 1 aromatic carbocycles. The van der Waals surface area contributed by atoms with Crippen molar-refractivity contribution in [1.82, 2.24) is 9.29 Å². The van der Waals surface area contributed by atoms with E-state index in [4.69, 9.17) is 0 Å². The first-order chi connectivity index (χ1) is 12.3. The van der Waals surface area contributed by atoms with Gasteiger partial charge in [0.2, 0.25) is 0 Å². The van der Waals surface area contributed by atoms with Gasteiger partial charge < -0.3 is 9.80 Å². The second-order valence-electron chi connectivity index (χ2n) is 6.60. The Hall–Kier alpha value is -2.32. The van der Waals surface area contributed by atoms with E-state index in [1.807, 2.05) is 6.07 Å². The van der Waals surface area contributed by atoms with E-state index in [2.05, 4.69) is 50.7 Å². The van der Waals surface area contributed by atoms with Crippen LogP contribution in [0.15, 0.2) is 42.6 Å².